The Hall–Kier alpha value is -1.98. The van der Waals surface area contributed by atoms with Gasteiger partial charge in [-0.05, 0) is 27.2 Å². The van der Waals surface area contributed by atoms with Crippen molar-refractivity contribution in [1.29, 1.82) is 0 Å². The number of aliphatic hydroxyl groups is 1. The molecule has 0 aromatic carbocycles. The third-order valence-corrected chi connectivity index (χ3v) is 5.94. The molecule has 2 heterocycles. The molecule has 0 bridgehead atoms. The fourth-order valence-corrected chi connectivity index (χ4v) is 4.64. The first-order valence-corrected chi connectivity index (χ1v) is 10.2. The van der Waals surface area contributed by atoms with Gasteiger partial charge in [0, 0.05) is 33.3 Å². The lowest BCUT2D eigenvalue weighted by Crippen LogP contribution is -2.53. The van der Waals surface area contributed by atoms with Gasteiger partial charge in [0.25, 0.3) is 0 Å². The van der Waals surface area contributed by atoms with Crippen molar-refractivity contribution in [2.45, 2.75) is 50.2 Å². The molecule has 2 rings (SSSR count). The number of halogens is 1. The summed E-state index contributed by atoms with van der Waals surface area (Å²) in [5, 5.41) is 9.82. The van der Waals surface area contributed by atoms with Crippen LogP contribution in [0.2, 0.25) is 0 Å². The molecule has 11 heteroatoms. The van der Waals surface area contributed by atoms with Crippen LogP contribution in [0.5, 0.6) is 0 Å². The fraction of sp³-hybridized carbons (Fsp3) is 0.647. The van der Waals surface area contributed by atoms with Crippen molar-refractivity contribution in [2.75, 3.05) is 19.7 Å². The number of aliphatic hydroxyl groups excluding tert-OH is 1. The van der Waals surface area contributed by atoms with Crippen molar-refractivity contribution in [1.82, 2.24) is 14.2 Å². The molecule has 1 unspecified atom stereocenters. The van der Waals surface area contributed by atoms with Gasteiger partial charge in [-0.15, -0.1) is 0 Å². The van der Waals surface area contributed by atoms with Crippen LogP contribution in [-0.4, -0.2) is 65.7 Å². The smallest absolute Gasteiger partial charge is 0.410 e. The molecule has 0 spiro atoms. The monoisotopic (exact) mass is 419 g/mol. The van der Waals surface area contributed by atoms with Gasteiger partial charge in [-0.2, -0.15) is 0 Å². The first-order valence-electron chi connectivity index (χ1n) is 8.70. The third-order valence-electron chi connectivity index (χ3n) is 4.37. The lowest BCUT2D eigenvalue weighted by atomic mass is 10.0. The summed E-state index contributed by atoms with van der Waals surface area (Å²) < 4.78 is 48.7. The highest BCUT2D eigenvalue weighted by Gasteiger charge is 2.44. The Balaban J connectivity index is 2.26. The fourth-order valence-electron chi connectivity index (χ4n) is 3.10. The number of amides is 1. The van der Waals surface area contributed by atoms with E-state index in [2.05, 4.69) is 4.72 Å². The number of hydrogen-bond donors (Lipinski definition) is 2. The van der Waals surface area contributed by atoms with Crippen LogP contribution in [0.3, 0.4) is 0 Å². The molecule has 0 saturated carbocycles. The second kappa shape index (κ2) is 7.45. The number of carbonyl (C=O) groups excluding carboxylic acids is 2. The summed E-state index contributed by atoms with van der Waals surface area (Å²) >= 11 is 0. The topological polar surface area (TPSA) is 118 Å². The van der Waals surface area contributed by atoms with Crippen molar-refractivity contribution < 1.29 is 32.2 Å². The van der Waals surface area contributed by atoms with Crippen LogP contribution in [-0.2, 0) is 21.8 Å². The predicted molar refractivity (Wildman–Crippen MR) is 97.9 cm³/mol. The maximum atomic E-state index is 14.5. The minimum absolute atomic E-state index is 0.121. The number of nitrogens with one attached hydrogen (secondary N) is 1. The number of ketones is 1. The summed E-state index contributed by atoms with van der Waals surface area (Å²) in [5.74, 6) is -1.77. The minimum Gasteiger partial charge on any atom is -0.444 e. The summed E-state index contributed by atoms with van der Waals surface area (Å²) in [6.07, 6.45) is 0.488. The molecule has 158 valence electrons. The van der Waals surface area contributed by atoms with E-state index in [0.717, 1.165) is 17.7 Å². The van der Waals surface area contributed by atoms with Crippen LogP contribution in [0, 0.1) is 5.82 Å². The Kier molecular flexibility index (Phi) is 5.94. The van der Waals surface area contributed by atoms with Crippen LogP contribution in [0.15, 0.2) is 11.1 Å². The van der Waals surface area contributed by atoms with Gasteiger partial charge < -0.3 is 19.3 Å². The summed E-state index contributed by atoms with van der Waals surface area (Å²) in [7, 11) is -3.04. The summed E-state index contributed by atoms with van der Waals surface area (Å²) in [6.45, 7) is 5.67. The second-order valence-corrected chi connectivity index (χ2v) is 9.67. The first kappa shape index (κ1) is 22.3. The zero-order chi connectivity index (χ0) is 21.5. The molecule has 1 atom stereocenters. The molecule has 1 aliphatic heterocycles. The highest BCUT2D eigenvalue weighted by Crippen LogP contribution is 2.27. The Morgan fingerprint density at radius 2 is 2.00 bits per heavy atom. The Bertz CT molecular complexity index is 889. The maximum absolute atomic E-state index is 14.5. The molecule has 0 radical (unpaired) electrons. The highest BCUT2D eigenvalue weighted by molar-refractivity contribution is 7.89. The number of Topliss-reactive ketones (excluding diaryl/α,β-unsaturated/α-hetero) is 1. The number of aryl methyl sites for hydroxylation is 1. The molecular formula is C17H26FN3O6S. The van der Waals surface area contributed by atoms with Gasteiger partial charge in [-0.1, -0.05) is 0 Å². The normalized spacial score (nSPS) is 20.5. The van der Waals surface area contributed by atoms with Crippen molar-refractivity contribution in [2.24, 2.45) is 7.05 Å². The van der Waals surface area contributed by atoms with E-state index in [0.29, 0.717) is 0 Å². The zero-order valence-electron chi connectivity index (χ0n) is 16.6. The molecule has 1 saturated heterocycles. The molecule has 1 aromatic heterocycles. The number of hydrogen-bond acceptors (Lipinski definition) is 6. The number of aromatic nitrogens is 1. The van der Waals surface area contributed by atoms with Crippen molar-refractivity contribution in [3.8, 4) is 0 Å². The Morgan fingerprint density at radius 1 is 1.39 bits per heavy atom. The van der Waals surface area contributed by atoms with Gasteiger partial charge >= 0.3 is 6.09 Å². The highest BCUT2D eigenvalue weighted by atomic mass is 32.2. The molecule has 9 nitrogen and oxygen atoms in total. The second-order valence-electron chi connectivity index (χ2n) is 8.02. The number of carbonyl (C=O) groups is 2. The SMILES string of the molecule is CC(=O)c1c(F)c(S(=O)(=O)NC2(CO)CCN(C(=O)OC(C)(C)C)C2)cn1C. The van der Waals surface area contributed by atoms with Crippen LogP contribution in [0.25, 0.3) is 0 Å². The van der Waals surface area contributed by atoms with Crippen molar-refractivity contribution >= 4 is 21.9 Å². The van der Waals surface area contributed by atoms with Gasteiger partial charge in [-0.25, -0.2) is 22.3 Å². The lowest BCUT2D eigenvalue weighted by molar-refractivity contribution is 0.0275. The van der Waals surface area contributed by atoms with E-state index in [4.69, 9.17) is 4.74 Å². The van der Waals surface area contributed by atoms with E-state index in [9.17, 15) is 27.5 Å². The van der Waals surface area contributed by atoms with E-state index in [1.807, 2.05) is 0 Å². The summed E-state index contributed by atoms with van der Waals surface area (Å²) in [5.41, 5.74) is -2.47. The maximum Gasteiger partial charge on any atom is 0.410 e. The van der Waals surface area contributed by atoms with Gasteiger partial charge in [0.05, 0.1) is 12.1 Å². The molecule has 0 aliphatic carbocycles. The van der Waals surface area contributed by atoms with Crippen LogP contribution < -0.4 is 4.72 Å². The van der Waals surface area contributed by atoms with E-state index in [1.54, 1.807) is 20.8 Å². The largest absolute Gasteiger partial charge is 0.444 e. The average molecular weight is 419 g/mol. The van der Waals surface area contributed by atoms with Gasteiger partial charge in [0.1, 0.15) is 16.2 Å². The van der Waals surface area contributed by atoms with Crippen LogP contribution in [0.4, 0.5) is 9.18 Å². The molecule has 1 fully saturated rings. The van der Waals surface area contributed by atoms with E-state index >= 15 is 0 Å². The summed E-state index contributed by atoms with van der Waals surface area (Å²) in [6, 6.07) is 0. The molecule has 2 N–H and O–H groups in total. The van der Waals surface area contributed by atoms with Crippen molar-refractivity contribution in [3.05, 3.63) is 17.7 Å². The molecule has 28 heavy (non-hydrogen) atoms. The van der Waals surface area contributed by atoms with Crippen LogP contribution >= 0.6 is 0 Å². The average Bonchev–Trinajstić information content (AvgIpc) is 3.07. The number of nitrogens with zero attached hydrogens (tertiary/aromatic N) is 2. The zero-order valence-corrected chi connectivity index (χ0v) is 17.4. The molecule has 1 aliphatic rings. The number of sulfonamides is 1. The van der Waals surface area contributed by atoms with Crippen LogP contribution in [0.1, 0.15) is 44.6 Å². The lowest BCUT2D eigenvalue weighted by Gasteiger charge is -2.29. The van der Waals surface area contributed by atoms with E-state index in [1.165, 1.54) is 11.9 Å². The summed E-state index contributed by atoms with van der Waals surface area (Å²) in [4.78, 5) is 24.4. The molecule has 1 aromatic rings. The van der Waals surface area contributed by atoms with Gasteiger partial charge in [0.15, 0.2) is 11.6 Å². The first-order chi connectivity index (χ1) is 12.7. The number of likely N-dealkylation sites (tertiary alicyclic amines) is 1. The molecule has 1 amide bonds. The van der Waals surface area contributed by atoms with Crippen molar-refractivity contribution in [3.63, 3.8) is 0 Å². The number of rotatable bonds is 5. The quantitative estimate of drug-likeness (QED) is 0.688. The van der Waals surface area contributed by atoms with Gasteiger partial charge in [0.2, 0.25) is 10.0 Å². The van der Waals surface area contributed by atoms with E-state index in [-0.39, 0.29) is 25.2 Å². The number of ether oxygens (including phenoxy) is 1. The van der Waals surface area contributed by atoms with Gasteiger partial charge in [-0.3, -0.25) is 4.79 Å². The predicted octanol–water partition coefficient (Wildman–Crippen LogP) is 1.02. The van der Waals surface area contributed by atoms with E-state index < -0.39 is 50.4 Å². The Morgan fingerprint density at radius 3 is 2.46 bits per heavy atom. The third kappa shape index (κ3) is 4.53. The Labute approximate surface area is 163 Å². The minimum atomic E-state index is -4.40. The standard InChI is InChI=1S/C17H26FN3O6S/c1-11(23)14-13(18)12(8-20(14)5)28(25,26)19-17(10-22)6-7-21(9-17)15(24)27-16(2,3)4/h8,19,22H,6-7,9-10H2,1-5H3. The molecular weight excluding hydrogens is 393 g/mol.